The van der Waals surface area contributed by atoms with E-state index in [0.717, 1.165) is 0 Å². The van der Waals surface area contributed by atoms with Crippen molar-refractivity contribution >= 4 is 43.2 Å². The molecule has 1 aliphatic heterocycles. The maximum Gasteiger partial charge on any atom is 0.265 e. The minimum Gasteiger partial charge on any atom is -0.471 e. The first-order valence-electron chi connectivity index (χ1n) is 6.49. The van der Waals surface area contributed by atoms with Crippen molar-refractivity contribution in [2.45, 2.75) is 17.9 Å². The summed E-state index contributed by atoms with van der Waals surface area (Å²) in [6.45, 7) is 2.01. The van der Waals surface area contributed by atoms with Crippen molar-refractivity contribution < 1.29 is 13.2 Å². The zero-order valence-corrected chi connectivity index (χ0v) is 14.7. The number of halogens is 2. The number of hydrogen-bond donors (Lipinski definition) is 0. The van der Waals surface area contributed by atoms with E-state index in [2.05, 4.69) is 20.9 Å². The molecule has 0 aliphatic carbocycles. The van der Waals surface area contributed by atoms with E-state index in [1.54, 1.807) is 37.4 Å². The Bertz CT molecular complexity index is 829. The molecule has 116 valence electrons. The lowest BCUT2D eigenvalue weighted by molar-refractivity contribution is 0.210. The monoisotopic (exact) mass is 402 g/mol. The van der Waals surface area contributed by atoms with Crippen molar-refractivity contribution in [3.05, 3.63) is 46.0 Å². The van der Waals surface area contributed by atoms with Gasteiger partial charge in [-0.25, -0.2) is 13.4 Å². The second-order valence-electron chi connectivity index (χ2n) is 4.84. The third kappa shape index (κ3) is 2.57. The van der Waals surface area contributed by atoms with E-state index in [-0.39, 0.29) is 17.5 Å². The Morgan fingerprint density at radius 2 is 2.14 bits per heavy atom. The number of nitrogens with zero attached hydrogens (tertiary/aromatic N) is 2. The highest BCUT2D eigenvalue weighted by Gasteiger charge is 2.34. The average molecular weight is 404 g/mol. The minimum absolute atomic E-state index is 0.115. The molecule has 8 heteroatoms. The van der Waals surface area contributed by atoms with E-state index in [0.29, 0.717) is 21.1 Å². The van der Waals surface area contributed by atoms with Gasteiger partial charge in [-0.2, -0.15) is 0 Å². The standard InChI is InChI=1S/C14H12BrClN2O3S/c1-9-8-18(11-5-3-7-17-14(11)21-9)22(19,20)12-6-2-4-10(16)13(12)15/h2-7,9H,8H2,1H3/t9-/m1/s1. The van der Waals surface area contributed by atoms with E-state index < -0.39 is 10.0 Å². The Hall–Kier alpha value is -1.31. The summed E-state index contributed by atoms with van der Waals surface area (Å²) in [6, 6.07) is 8.09. The second-order valence-corrected chi connectivity index (χ2v) is 7.88. The summed E-state index contributed by atoms with van der Waals surface area (Å²) in [6.07, 6.45) is 1.27. The van der Waals surface area contributed by atoms with Gasteiger partial charge in [0.2, 0.25) is 5.88 Å². The van der Waals surface area contributed by atoms with E-state index in [1.807, 2.05) is 0 Å². The van der Waals surface area contributed by atoms with Crippen molar-refractivity contribution in [1.29, 1.82) is 0 Å². The van der Waals surface area contributed by atoms with Gasteiger partial charge < -0.3 is 4.74 Å². The van der Waals surface area contributed by atoms with Crippen LogP contribution in [0.25, 0.3) is 0 Å². The van der Waals surface area contributed by atoms with Crippen molar-refractivity contribution in [2.24, 2.45) is 0 Å². The zero-order valence-electron chi connectivity index (χ0n) is 11.5. The lowest BCUT2D eigenvalue weighted by Gasteiger charge is -2.33. The first-order valence-corrected chi connectivity index (χ1v) is 9.11. The van der Waals surface area contributed by atoms with Crippen LogP contribution in [0.2, 0.25) is 5.02 Å². The Kier molecular flexibility index (Phi) is 4.05. The average Bonchev–Trinajstić information content (AvgIpc) is 2.49. The smallest absolute Gasteiger partial charge is 0.265 e. The van der Waals surface area contributed by atoms with Crippen LogP contribution >= 0.6 is 27.5 Å². The van der Waals surface area contributed by atoms with Crippen LogP contribution in [-0.4, -0.2) is 26.1 Å². The Morgan fingerprint density at radius 1 is 1.36 bits per heavy atom. The lowest BCUT2D eigenvalue weighted by atomic mass is 10.3. The van der Waals surface area contributed by atoms with Gasteiger partial charge in [0.05, 0.1) is 16.0 Å². The molecule has 1 aliphatic rings. The molecule has 0 bridgehead atoms. The van der Waals surface area contributed by atoms with E-state index in [4.69, 9.17) is 16.3 Å². The third-order valence-corrected chi connectivity index (χ3v) is 6.72. The lowest BCUT2D eigenvalue weighted by Crippen LogP contribution is -2.42. The number of fused-ring (bicyclic) bond motifs is 1. The third-order valence-electron chi connectivity index (χ3n) is 3.24. The van der Waals surface area contributed by atoms with Crippen molar-refractivity contribution in [3.8, 4) is 5.88 Å². The number of anilines is 1. The molecular formula is C14H12BrClN2O3S. The zero-order chi connectivity index (χ0) is 15.9. The number of hydrogen-bond acceptors (Lipinski definition) is 4. The molecule has 0 saturated carbocycles. The van der Waals surface area contributed by atoms with E-state index in [9.17, 15) is 8.42 Å². The molecule has 3 rings (SSSR count). The Labute approximate surface area is 142 Å². The topological polar surface area (TPSA) is 59.5 Å². The second kappa shape index (κ2) is 5.72. The van der Waals surface area contributed by atoms with Gasteiger partial charge in [-0.15, -0.1) is 0 Å². The molecule has 0 amide bonds. The van der Waals surface area contributed by atoms with Crippen LogP contribution in [0.15, 0.2) is 45.9 Å². The maximum absolute atomic E-state index is 13.0. The summed E-state index contributed by atoms with van der Waals surface area (Å²) in [4.78, 5) is 4.22. The molecule has 22 heavy (non-hydrogen) atoms. The van der Waals surface area contributed by atoms with E-state index >= 15 is 0 Å². The van der Waals surface area contributed by atoms with Gasteiger partial charge in [-0.1, -0.05) is 17.7 Å². The Balaban J connectivity index is 2.16. The SMILES string of the molecule is C[C@@H]1CN(S(=O)(=O)c2cccc(Cl)c2Br)c2cccnc2O1. The molecule has 0 fully saturated rings. The molecule has 1 aromatic carbocycles. The number of aromatic nitrogens is 1. The predicted molar refractivity (Wildman–Crippen MR) is 88.0 cm³/mol. The summed E-state index contributed by atoms with van der Waals surface area (Å²) in [5.74, 6) is 0.308. The van der Waals surface area contributed by atoms with Gasteiger partial charge >= 0.3 is 0 Å². The summed E-state index contributed by atoms with van der Waals surface area (Å²) in [7, 11) is -3.78. The van der Waals surface area contributed by atoms with Gasteiger partial charge in [-0.3, -0.25) is 4.31 Å². The number of sulfonamides is 1. The molecule has 2 aromatic rings. The Morgan fingerprint density at radius 3 is 2.91 bits per heavy atom. The fourth-order valence-electron chi connectivity index (χ4n) is 2.25. The number of benzene rings is 1. The van der Waals surface area contributed by atoms with Crippen LogP contribution in [0, 0.1) is 0 Å². The highest BCUT2D eigenvalue weighted by molar-refractivity contribution is 9.10. The molecule has 0 spiro atoms. The molecule has 2 heterocycles. The fourth-order valence-corrected chi connectivity index (χ4v) is 4.99. The van der Waals surface area contributed by atoms with Crippen molar-refractivity contribution in [3.63, 3.8) is 0 Å². The van der Waals surface area contributed by atoms with Crippen molar-refractivity contribution in [1.82, 2.24) is 4.98 Å². The summed E-state index contributed by atoms with van der Waals surface area (Å²) < 4.78 is 33.3. The predicted octanol–water partition coefficient (Wildman–Crippen LogP) is 3.47. The van der Waals surface area contributed by atoms with Crippen LogP contribution in [0.3, 0.4) is 0 Å². The molecule has 0 radical (unpaired) electrons. The fraction of sp³-hybridized carbons (Fsp3) is 0.214. The summed E-state index contributed by atoms with van der Waals surface area (Å²) >= 11 is 9.27. The molecule has 1 atom stereocenters. The van der Waals surface area contributed by atoms with Crippen LogP contribution in [0.5, 0.6) is 5.88 Å². The first-order chi connectivity index (χ1) is 10.4. The molecular weight excluding hydrogens is 392 g/mol. The number of rotatable bonds is 2. The molecule has 0 N–H and O–H groups in total. The van der Waals surface area contributed by atoms with Gasteiger partial charge in [0.15, 0.2) is 0 Å². The number of ether oxygens (including phenoxy) is 1. The van der Waals surface area contributed by atoms with Gasteiger partial charge in [0, 0.05) is 6.20 Å². The molecule has 0 unspecified atom stereocenters. The van der Waals surface area contributed by atoms with E-state index in [1.165, 1.54) is 10.4 Å². The number of pyridine rings is 1. The van der Waals surface area contributed by atoms with Crippen LogP contribution in [0.1, 0.15) is 6.92 Å². The largest absolute Gasteiger partial charge is 0.471 e. The maximum atomic E-state index is 13.0. The van der Waals surface area contributed by atoms with Gasteiger partial charge in [0.1, 0.15) is 16.7 Å². The quantitative estimate of drug-likeness (QED) is 0.770. The normalized spacial score (nSPS) is 17.8. The highest BCUT2D eigenvalue weighted by Crippen LogP contribution is 2.38. The highest BCUT2D eigenvalue weighted by atomic mass is 79.9. The molecule has 0 saturated heterocycles. The summed E-state index contributed by atoms with van der Waals surface area (Å²) in [5, 5.41) is 0.341. The van der Waals surface area contributed by atoms with Crippen LogP contribution < -0.4 is 9.04 Å². The first kappa shape index (κ1) is 15.6. The molecule has 1 aromatic heterocycles. The van der Waals surface area contributed by atoms with Crippen molar-refractivity contribution in [2.75, 3.05) is 10.8 Å². The van der Waals surface area contributed by atoms with Gasteiger partial charge in [-0.05, 0) is 47.1 Å². The minimum atomic E-state index is -3.78. The van der Waals surface area contributed by atoms with Gasteiger partial charge in [0.25, 0.3) is 10.0 Å². The molecule has 5 nitrogen and oxygen atoms in total. The van der Waals surface area contributed by atoms with Crippen LogP contribution in [0.4, 0.5) is 5.69 Å². The van der Waals surface area contributed by atoms with Crippen LogP contribution in [-0.2, 0) is 10.0 Å². The summed E-state index contributed by atoms with van der Waals surface area (Å²) in [5.41, 5.74) is 0.424.